The van der Waals surface area contributed by atoms with Crippen LogP contribution in [0, 0.1) is 18.3 Å². The molecule has 6 heteroatoms. The quantitative estimate of drug-likeness (QED) is 0.584. The van der Waals surface area contributed by atoms with Crippen molar-refractivity contribution in [1.29, 1.82) is 5.26 Å². The van der Waals surface area contributed by atoms with Gasteiger partial charge in [0.25, 0.3) is 0 Å². The number of fused-ring (bicyclic) bond motifs is 3. The Labute approximate surface area is 156 Å². The van der Waals surface area contributed by atoms with Crippen molar-refractivity contribution in [3.8, 4) is 17.6 Å². The van der Waals surface area contributed by atoms with Crippen LogP contribution >= 0.6 is 0 Å². The van der Waals surface area contributed by atoms with E-state index in [1.807, 2.05) is 59.9 Å². The van der Waals surface area contributed by atoms with Crippen molar-refractivity contribution in [3.63, 3.8) is 0 Å². The minimum atomic E-state index is 0.568. The van der Waals surface area contributed by atoms with Crippen LogP contribution in [0.1, 0.15) is 11.1 Å². The third-order valence-electron chi connectivity index (χ3n) is 4.56. The van der Waals surface area contributed by atoms with E-state index in [2.05, 4.69) is 16.4 Å². The zero-order chi connectivity index (χ0) is 19.0. The Morgan fingerprint density at radius 3 is 2.63 bits per heavy atom. The second-order valence-corrected chi connectivity index (χ2v) is 6.15. The van der Waals surface area contributed by atoms with Gasteiger partial charge in [-0.05, 0) is 42.8 Å². The fraction of sp³-hybridized carbons (Fsp3) is 0.143. The largest absolute Gasteiger partial charge is 0.497 e. The number of hydrogen-bond acceptors (Lipinski definition) is 5. The first-order chi connectivity index (χ1) is 13.2. The van der Waals surface area contributed by atoms with Crippen LogP contribution < -0.4 is 14.8 Å². The van der Waals surface area contributed by atoms with Gasteiger partial charge in [0, 0.05) is 6.07 Å². The predicted molar refractivity (Wildman–Crippen MR) is 105 cm³/mol. The molecule has 0 bridgehead atoms. The normalized spacial score (nSPS) is 10.7. The van der Waals surface area contributed by atoms with Crippen LogP contribution in [0.15, 0.2) is 48.5 Å². The van der Waals surface area contributed by atoms with E-state index in [4.69, 9.17) is 9.47 Å². The molecule has 6 nitrogen and oxygen atoms in total. The van der Waals surface area contributed by atoms with Crippen molar-refractivity contribution in [2.45, 2.75) is 6.92 Å². The first-order valence-corrected chi connectivity index (χ1v) is 8.46. The zero-order valence-electron chi connectivity index (χ0n) is 15.3. The molecule has 0 radical (unpaired) electrons. The summed E-state index contributed by atoms with van der Waals surface area (Å²) in [5, 5.41) is 13.0. The van der Waals surface area contributed by atoms with Gasteiger partial charge in [0.05, 0.1) is 36.5 Å². The maximum atomic E-state index is 9.60. The van der Waals surface area contributed by atoms with E-state index in [9.17, 15) is 5.26 Å². The van der Waals surface area contributed by atoms with E-state index in [1.54, 1.807) is 14.2 Å². The third kappa shape index (κ3) is 2.70. The maximum absolute atomic E-state index is 9.60. The molecule has 2 aromatic heterocycles. The Morgan fingerprint density at radius 2 is 1.89 bits per heavy atom. The van der Waals surface area contributed by atoms with Gasteiger partial charge in [-0.25, -0.2) is 4.98 Å². The Kier molecular flexibility index (Phi) is 4.05. The predicted octanol–water partition coefficient (Wildman–Crippen LogP) is 4.43. The molecule has 0 unspecified atom stereocenters. The summed E-state index contributed by atoms with van der Waals surface area (Å²) < 4.78 is 12.7. The van der Waals surface area contributed by atoms with Crippen LogP contribution in [0.5, 0.6) is 11.5 Å². The molecule has 0 fully saturated rings. The van der Waals surface area contributed by atoms with Crippen molar-refractivity contribution in [3.05, 3.63) is 59.7 Å². The van der Waals surface area contributed by atoms with Gasteiger partial charge < -0.3 is 14.8 Å². The number of ether oxygens (including phenoxy) is 2. The summed E-state index contributed by atoms with van der Waals surface area (Å²) >= 11 is 0. The number of nitrogens with one attached hydrogen (secondary N) is 1. The number of benzene rings is 2. The van der Waals surface area contributed by atoms with Crippen molar-refractivity contribution in [1.82, 2.24) is 9.38 Å². The molecule has 4 aromatic rings. The number of nitriles is 1. The summed E-state index contributed by atoms with van der Waals surface area (Å²) in [6, 6.07) is 17.6. The Hall–Kier alpha value is -3.72. The first kappa shape index (κ1) is 16.7. The highest BCUT2D eigenvalue weighted by Gasteiger charge is 2.16. The van der Waals surface area contributed by atoms with E-state index in [-0.39, 0.29) is 0 Å². The van der Waals surface area contributed by atoms with Crippen molar-refractivity contribution >= 4 is 28.2 Å². The molecule has 2 aromatic carbocycles. The lowest BCUT2D eigenvalue weighted by atomic mass is 10.1. The van der Waals surface area contributed by atoms with Crippen molar-refractivity contribution < 1.29 is 9.47 Å². The summed E-state index contributed by atoms with van der Waals surface area (Å²) in [7, 11) is 3.24. The lowest BCUT2D eigenvalue weighted by Crippen LogP contribution is -2.03. The van der Waals surface area contributed by atoms with Crippen LogP contribution in [-0.4, -0.2) is 23.6 Å². The van der Waals surface area contributed by atoms with Gasteiger partial charge in [0.2, 0.25) is 0 Å². The van der Waals surface area contributed by atoms with Crippen LogP contribution in [0.3, 0.4) is 0 Å². The van der Waals surface area contributed by atoms with Crippen LogP contribution in [-0.2, 0) is 0 Å². The highest BCUT2D eigenvalue weighted by atomic mass is 16.5. The maximum Gasteiger partial charge on any atom is 0.157 e. The molecule has 0 aliphatic heterocycles. The standard InChI is InChI=1S/C21H18N4O2/c1-13-10-20(23-17-9-8-14(26-2)11-19(17)27-3)25-18-7-5-4-6-16(18)24-21(25)15(13)12-22/h4-11,23H,1-3H3. The Balaban J connectivity index is 1.96. The Morgan fingerprint density at radius 1 is 1.07 bits per heavy atom. The van der Waals surface area contributed by atoms with Crippen molar-refractivity contribution in [2.24, 2.45) is 0 Å². The lowest BCUT2D eigenvalue weighted by Gasteiger charge is -2.15. The van der Waals surface area contributed by atoms with Gasteiger partial charge in [-0.3, -0.25) is 4.40 Å². The third-order valence-corrected chi connectivity index (χ3v) is 4.56. The number of pyridine rings is 1. The molecule has 1 N–H and O–H groups in total. The highest BCUT2D eigenvalue weighted by molar-refractivity contribution is 5.86. The molecule has 0 saturated heterocycles. The minimum absolute atomic E-state index is 0.568. The van der Waals surface area contributed by atoms with E-state index in [0.29, 0.717) is 22.7 Å². The van der Waals surface area contributed by atoms with Crippen LogP contribution in [0.4, 0.5) is 11.5 Å². The number of para-hydroxylation sites is 2. The number of aryl methyl sites for hydroxylation is 1. The lowest BCUT2D eigenvalue weighted by molar-refractivity contribution is 0.395. The number of imidazole rings is 1. The molecule has 2 heterocycles. The molecule has 0 aliphatic rings. The Bertz CT molecular complexity index is 1200. The number of aromatic nitrogens is 2. The average molecular weight is 358 g/mol. The van der Waals surface area contributed by atoms with Crippen molar-refractivity contribution in [2.75, 3.05) is 19.5 Å². The van der Waals surface area contributed by atoms with E-state index < -0.39 is 0 Å². The molecule has 134 valence electrons. The van der Waals surface area contributed by atoms with Crippen LogP contribution in [0.2, 0.25) is 0 Å². The zero-order valence-corrected chi connectivity index (χ0v) is 15.3. The highest BCUT2D eigenvalue weighted by Crippen LogP contribution is 2.34. The van der Waals surface area contributed by atoms with E-state index in [1.165, 1.54) is 0 Å². The van der Waals surface area contributed by atoms with Gasteiger partial charge in [-0.15, -0.1) is 0 Å². The smallest absolute Gasteiger partial charge is 0.157 e. The second kappa shape index (κ2) is 6.54. The molecule has 0 aliphatic carbocycles. The van der Waals surface area contributed by atoms with E-state index in [0.717, 1.165) is 28.1 Å². The molecule has 0 spiro atoms. The number of hydrogen-bond donors (Lipinski definition) is 1. The first-order valence-electron chi connectivity index (χ1n) is 8.46. The average Bonchev–Trinajstić information content (AvgIpc) is 3.07. The van der Waals surface area contributed by atoms with Gasteiger partial charge >= 0.3 is 0 Å². The minimum Gasteiger partial charge on any atom is -0.497 e. The van der Waals surface area contributed by atoms with Crippen LogP contribution in [0.25, 0.3) is 16.7 Å². The summed E-state index contributed by atoms with van der Waals surface area (Å²) in [6.07, 6.45) is 0. The molecule has 0 amide bonds. The SMILES string of the molecule is COc1ccc(Nc2cc(C)c(C#N)c3nc4ccccc4n23)c(OC)c1. The van der Waals surface area contributed by atoms with Gasteiger partial charge in [-0.1, -0.05) is 12.1 Å². The monoisotopic (exact) mass is 358 g/mol. The fourth-order valence-corrected chi connectivity index (χ4v) is 3.23. The fourth-order valence-electron chi connectivity index (χ4n) is 3.23. The summed E-state index contributed by atoms with van der Waals surface area (Å²) in [5.74, 6) is 2.18. The molecule has 0 atom stereocenters. The van der Waals surface area contributed by atoms with E-state index >= 15 is 0 Å². The molecule has 4 rings (SSSR count). The van der Waals surface area contributed by atoms with Gasteiger partial charge in [-0.2, -0.15) is 5.26 Å². The summed E-state index contributed by atoms with van der Waals surface area (Å²) in [5.41, 5.74) is 4.62. The molecular formula is C21H18N4O2. The number of nitrogens with zero attached hydrogens (tertiary/aromatic N) is 3. The van der Waals surface area contributed by atoms with Gasteiger partial charge in [0.1, 0.15) is 23.4 Å². The topological polar surface area (TPSA) is 71.6 Å². The number of rotatable bonds is 4. The molecule has 0 saturated carbocycles. The van der Waals surface area contributed by atoms with Gasteiger partial charge in [0.15, 0.2) is 5.65 Å². The summed E-state index contributed by atoms with van der Waals surface area (Å²) in [6.45, 7) is 1.91. The number of anilines is 2. The molecule has 27 heavy (non-hydrogen) atoms. The second-order valence-electron chi connectivity index (χ2n) is 6.15. The number of methoxy groups -OCH3 is 2. The summed E-state index contributed by atoms with van der Waals surface area (Å²) in [4.78, 5) is 4.67. The molecular weight excluding hydrogens is 340 g/mol.